The Morgan fingerprint density at radius 1 is 1.53 bits per heavy atom. The van der Waals surface area contributed by atoms with Crippen molar-refractivity contribution in [2.45, 2.75) is 39.2 Å². The second-order valence-electron chi connectivity index (χ2n) is 4.98. The molecule has 1 aromatic heterocycles. The second kappa shape index (κ2) is 5.50. The van der Waals surface area contributed by atoms with E-state index in [0.717, 1.165) is 36.8 Å². The highest BCUT2D eigenvalue weighted by atomic mass is 16.3. The highest BCUT2D eigenvalue weighted by Crippen LogP contribution is 2.32. The zero-order chi connectivity index (χ0) is 12.3. The van der Waals surface area contributed by atoms with Crippen LogP contribution in [0.4, 0.5) is 5.82 Å². The number of aromatic nitrogens is 1. The molecule has 1 atom stereocenters. The first kappa shape index (κ1) is 12.4. The lowest BCUT2D eigenvalue weighted by molar-refractivity contribution is 0.199. The van der Waals surface area contributed by atoms with E-state index >= 15 is 0 Å². The van der Waals surface area contributed by atoms with Gasteiger partial charge in [0.05, 0.1) is 6.10 Å². The predicted molar refractivity (Wildman–Crippen MR) is 70.1 cm³/mol. The quantitative estimate of drug-likeness (QED) is 0.822. The van der Waals surface area contributed by atoms with E-state index in [0.29, 0.717) is 0 Å². The van der Waals surface area contributed by atoms with E-state index in [1.54, 1.807) is 0 Å². The van der Waals surface area contributed by atoms with Gasteiger partial charge < -0.3 is 10.0 Å². The maximum atomic E-state index is 9.80. The Balaban J connectivity index is 2.20. The highest BCUT2D eigenvalue weighted by molar-refractivity contribution is 5.48. The van der Waals surface area contributed by atoms with Gasteiger partial charge in [0.15, 0.2) is 0 Å². The van der Waals surface area contributed by atoms with Crippen molar-refractivity contribution >= 4 is 5.82 Å². The van der Waals surface area contributed by atoms with Gasteiger partial charge in [-0.3, -0.25) is 0 Å². The van der Waals surface area contributed by atoms with Gasteiger partial charge in [0, 0.05) is 24.8 Å². The van der Waals surface area contributed by atoms with Crippen molar-refractivity contribution in [3.63, 3.8) is 0 Å². The fraction of sp³-hybridized carbons (Fsp3) is 0.643. The second-order valence-corrected chi connectivity index (χ2v) is 4.98. The molecule has 0 spiro atoms. The van der Waals surface area contributed by atoms with Crippen LogP contribution in [0.5, 0.6) is 0 Å². The van der Waals surface area contributed by atoms with Gasteiger partial charge in [-0.2, -0.15) is 0 Å². The van der Waals surface area contributed by atoms with Crippen LogP contribution in [0.1, 0.15) is 44.8 Å². The zero-order valence-electron chi connectivity index (χ0n) is 10.8. The first-order chi connectivity index (χ1) is 8.22. The van der Waals surface area contributed by atoms with Crippen LogP contribution in [-0.4, -0.2) is 23.2 Å². The van der Waals surface area contributed by atoms with Gasteiger partial charge in [-0.05, 0) is 38.2 Å². The van der Waals surface area contributed by atoms with Gasteiger partial charge in [-0.25, -0.2) is 4.98 Å². The summed E-state index contributed by atoms with van der Waals surface area (Å²) in [5, 5.41) is 9.80. The third-order valence-electron chi connectivity index (χ3n) is 3.24. The van der Waals surface area contributed by atoms with Crippen molar-refractivity contribution in [3.05, 3.63) is 23.9 Å². The molecule has 0 radical (unpaired) electrons. The predicted octanol–water partition coefficient (Wildman–Crippen LogP) is 2.76. The molecule has 0 aliphatic heterocycles. The SMILES string of the molecule is CCCN(CC1CC1)c1ncccc1[C@H](C)O. The van der Waals surface area contributed by atoms with Crippen molar-refractivity contribution in [2.24, 2.45) is 5.92 Å². The molecule has 17 heavy (non-hydrogen) atoms. The minimum absolute atomic E-state index is 0.447. The van der Waals surface area contributed by atoms with Crippen LogP contribution in [0.25, 0.3) is 0 Å². The van der Waals surface area contributed by atoms with Gasteiger partial charge >= 0.3 is 0 Å². The van der Waals surface area contributed by atoms with Crippen LogP contribution >= 0.6 is 0 Å². The van der Waals surface area contributed by atoms with Crippen LogP contribution in [0, 0.1) is 5.92 Å². The van der Waals surface area contributed by atoms with Crippen molar-refractivity contribution in [1.82, 2.24) is 4.98 Å². The number of hydrogen-bond acceptors (Lipinski definition) is 3. The number of aliphatic hydroxyl groups is 1. The summed E-state index contributed by atoms with van der Waals surface area (Å²) in [5.74, 6) is 1.81. The van der Waals surface area contributed by atoms with Crippen LogP contribution in [0.2, 0.25) is 0 Å². The number of pyridine rings is 1. The largest absolute Gasteiger partial charge is 0.389 e. The van der Waals surface area contributed by atoms with E-state index < -0.39 is 6.10 Å². The average molecular weight is 234 g/mol. The molecule has 3 nitrogen and oxygen atoms in total. The lowest BCUT2D eigenvalue weighted by Gasteiger charge is -2.26. The average Bonchev–Trinajstić information content (AvgIpc) is 3.12. The molecule has 2 rings (SSSR count). The van der Waals surface area contributed by atoms with Crippen molar-refractivity contribution in [3.8, 4) is 0 Å². The third kappa shape index (κ3) is 3.19. The Morgan fingerprint density at radius 3 is 2.88 bits per heavy atom. The minimum Gasteiger partial charge on any atom is -0.389 e. The summed E-state index contributed by atoms with van der Waals surface area (Å²) in [6.45, 7) is 6.10. The maximum Gasteiger partial charge on any atom is 0.134 e. The molecule has 1 heterocycles. The smallest absolute Gasteiger partial charge is 0.134 e. The highest BCUT2D eigenvalue weighted by Gasteiger charge is 2.26. The summed E-state index contributed by atoms with van der Waals surface area (Å²) in [6, 6.07) is 3.87. The monoisotopic (exact) mass is 234 g/mol. The van der Waals surface area contributed by atoms with Crippen LogP contribution in [-0.2, 0) is 0 Å². The van der Waals surface area contributed by atoms with Gasteiger partial charge in [0.1, 0.15) is 5.82 Å². The molecular weight excluding hydrogens is 212 g/mol. The van der Waals surface area contributed by atoms with Crippen LogP contribution in [0.3, 0.4) is 0 Å². The number of nitrogens with zero attached hydrogens (tertiary/aromatic N) is 2. The Bertz CT molecular complexity index is 361. The van der Waals surface area contributed by atoms with E-state index in [1.807, 2.05) is 25.3 Å². The molecule has 94 valence electrons. The van der Waals surface area contributed by atoms with Crippen LogP contribution in [0.15, 0.2) is 18.3 Å². The standard InChI is InChI=1S/C14H22N2O/c1-3-9-16(10-12-6-7-12)14-13(11(2)17)5-4-8-15-14/h4-5,8,11-12,17H,3,6-7,9-10H2,1-2H3/t11-/m0/s1. The summed E-state index contributed by atoms with van der Waals surface area (Å²) in [6.07, 6.45) is 5.17. The molecule has 0 bridgehead atoms. The van der Waals surface area contributed by atoms with Gasteiger partial charge in [-0.1, -0.05) is 13.0 Å². The zero-order valence-corrected chi connectivity index (χ0v) is 10.8. The minimum atomic E-state index is -0.447. The van der Waals surface area contributed by atoms with E-state index in [1.165, 1.54) is 12.8 Å². The molecule has 1 N–H and O–H groups in total. The van der Waals surface area contributed by atoms with E-state index in [-0.39, 0.29) is 0 Å². The Hall–Kier alpha value is -1.09. The molecule has 0 saturated heterocycles. The first-order valence-corrected chi connectivity index (χ1v) is 6.60. The fourth-order valence-corrected chi connectivity index (χ4v) is 2.17. The van der Waals surface area contributed by atoms with Crippen molar-refractivity contribution in [2.75, 3.05) is 18.0 Å². The molecule has 1 saturated carbocycles. The third-order valence-corrected chi connectivity index (χ3v) is 3.24. The number of aliphatic hydroxyl groups excluding tert-OH is 1. The number of rotatable bonds is 6. The topological polar surface area (TPSA) is 36.4 Å². The number of hydrogen-bond donors (Lipinski definition) is 1. The molecule has 1 aromatic rings. The lowest BCUT2D eigenvalue weighted by Crippen LogP contribution is -2.28. The molecule has 1 aliphatic carbocycles. The Kier molecular flexibility index (Phi) is 4.00. The van der Waals surface area contributed by atoms with Gasteiger partial charge in [0.2, 0.25) is 0 Å². The molecule has 1 aliphatic rings. The summed E-state index contributed by atoms with van der Waals surface area (Å²) in [5.41, 5.74) is 0.946. The van der Waals surface area contributed by atoms with E-state index in [4.69, 9.17) is 0 Å². The Morgan fingerprint density at radius 2 is 2.29 bits per heavy atom. The molecule has 0 unspecified atom stereocenters. The summed E-state index contributed by atoms with van der Waals surface area (Å²) in [7, 11) is 0. The van der Waals surface area contributed by atoms with E-state index in [9.17, 15) is 5.11 Å². The maximum absolute atomic E-state index is 9.80. The normalized spacial score (nSPS) is 16.9. The molecule has 0 amide bonds. The molecule has 1 fully saturated rings. The molecule has 0 aromatic carbocycles. The van der Waals surface area contributed by atoms with Crippen molar-refractivity contribution in [1.29, 1.82) is 0 Å². The summed E-state index contributed by atoms with van der Waals surface area (Å²) < 4.78 is 0. The van der Waals surface area contributed by atoms with Crippen LogP contribution < -0.4 is 4.90 Å². The van der Waals surface area contributed by atoms with Gasteiger partial charge in [0.25, 0.3) is 0 Å². The lowest BCUT2D eigenvalue weighted by atomic mass is 10.1. The molecule has 3 heteroatoms. The van der Waals surface area contributed by atoms with Gasteiger partial charge in [-0.15, -0.1) is 0 Å². The van der Waals surface area contributed by atoms with E-state index in [2.05, 4.69) is 16.8 Å². The number of anilines is 1. The summed E-state index contributed by atoms with van der Waals surface area (Å²) >= 11 is 0. The fourth-order valence-electron chi connectivity index (χ4n) is 2.17. The van der Waals surface area contributed by atoms with Crippen molar-refractivity contribution < 1.29 is 5.11 Å². The summed E-state index contributed by atoms with van der Waals surface area (Å²) in [4.78, 5) is 6.80. The Labute approximate surface area is 103 Å². The first-order valence-electron chi connectivity index (χ1n) is 6.60. The molecular formula is C14H22N2O.